The number of hydrogen-bond donors (Lipinski definition) is 1. The SMILES string of the molecule is CC.[B]c1cc(F)c2oc(N)c(C#N)c2c1CC. The van der Waals surface area contributed by atoms with E-state index in [4.69, 9.17) is 23.3 Å². The number of nitriles is 1. The number of hydrogen-bond acceptors (Lipinski definition) is 3. The van der Waals surface area contributed by atoms with Gasteiger partial charge in [0.25, 0.3) is 0 Å². The third kappa shape index (κ3) is 2.06. The normalized spacial score (nSPS) is 9.72. The van der Waals surface area contributed by atoms with Gasteiger partial charge in [0.2, 0.25) is 5.88 Å². The van der Waals surface area contributed by atoms with Crippen molar-refractivity contribution in [3.05, 3.63) is 23.0 Å². The first-order valence-corrected chi connectivity index (χ1v) is 5.79. The van der Waals surface area contributed by atoms with Crippen LogP contribution in [0, 0.1) is 17.1 Å². The summed E-state index contributed by atoms with van der Waals surface area (Å²) in [5, 5.41) is 9.34. The molecule has 0 fully saturated rings. The lowest BCUT2D eigenvalue weighted by Gasteiger charge is -2.05. The Balaban J connectivity index is 0.000000771. The monoisotopic (exact) mass is 244 g/mol. The van der Waals surface area contributed by atoms with Crippen LogP contribution in [0.4, 0.5) is 10.3 Å². The van der Waals surface area contributed by atoms with Crippen LogP contribution in [0.5, 0.6) is 0 Å². The molecule has 18 heavy (non-hydrogen) atoms. The Labute approximate surface area is 107 Å². The van der Waals surface area contributed by atoms with Crippen molar-refractivity contribution in [1.82, 2.24) is 0 Å². The summed E-state index contributed by atoms with van der Waals surface area (Å²) in [5.74, 6) is -0.672. The molecule has 0 spiro atoms. The maximum absolute atomic E-state index is 13.6. The van der Waals surface area contributed by atoms with E-state index in [0.29, 0.717) is 22.8 Å². The highest BCUT2D eigenvalue weighted by Crippen LogP contribution is 2.31. The summed E-state index contributed by atoms with van der Waals surface area (Å²) in [6.45, 7) is 5.87. The highest BCUT2D eigenvalue weighted by molar-refractivity contribution is 6.34. The van der Waals surface area contributed by atoms with Gasteiger partial charge in [-0.05, 0) is 18.1 Å². The van der Waals surface area contributed by atoms with Crippen molar-refractivity contribution in [1.29, 1.82) is 5.26 Å². The van der Waals surface area contributed by atoms with Gasteiger partial charge in [-0.1, -0.05) is 26.2 Å². The minimum absolute atomic E-state index is 0.0000926. The summed E-state index contributed by atoms with van der Waals surface area (Å²) in [7, 11) is 5.70. The summed E-state index contributed by atoms with van der Waals surface area (Å²) in [6.07, 6.45) is 0.580. The fraction of sp³-hybridized carbons (Fsp3) is 0.308. The topological polar surface area (TPSA) is 62.9 Å². The molecular formula is C13H14BFN2O. The van der Waals surface area contributed by atoms with Crippen molar-refractivity contribution in [2.45, 2.75) is 27.2 Å². The number of anilines is 1. The number of rotatable bonds is 1. The van der Waals surface area contributed by atoms with Crippen molar-refractivity contribution in [2.75, 3.05) is 5.73 Å². The summed E-state index contributed by atoms with van der Waals surface area (Å²) >= 11 is 0. The lowest BCUT2D eigenvalue weighted by molar-refractivity contribution is 0.571. The Hall–Kier alpha value is -1.96. The van der Waals surface area contributed by atoms with Gasteiger partial charge in [0.05, 0.1) is 0 Å². The summed E-state index contributed by atoms with van der Waals surface area (Å²) < 4.78 is 18.6. The minimum Gasteiger partial charge on any atom is -0.436 e. The van der Waals surface area contributed by atoms with Crippen LogP contribution < -0.4 is 11.2 Å². The first kappa shape index (κ1) is 14.1. The summed E-state index contributed by atoms with van der Waals surface area (Å²) in [4.78, 5) is 0. The van der Waals surface area contributed by atoms with Crippen LogP contribution in [0.1, 0.15) is 31.9 Å². The molecule has 0 aliphatic rings. The molecule has 3 nitrogen and oxygen atoms in total. The van der Waals surface area contributed by atoms with Gasteiger partial charge in [-0.15, -0.1) is 0 Å². The van der Waals surface area contributed by atoms with Crippen molar-refractivity contribution in [3.63, 3.8) is 0 Å². The summed E-state index contributed by atoms with van der Waals surface area (Å²) in [5.41, 5.74) is 6.66. The van der Waals surface area contributed by atoms with E-state index in [1.807, 2.05) is 26.8 Å². The van der Waals surface area contributed by atoms with E-state index in [1.54, 1.807) is 0 Å². The quantitative estimate of drug-likeness (QED) is 0.783. The molecule has 0 saturated carbocycles. The third-order valence-corrected chi connectivity index (χ3v) is 2.55. The van der Waals surface area contributed by atoms with Crippen molar-refractivity contribution < 1.29 is 8.81 Å². The minimum atomic E-state index is -0.599. The largest absolute Gasteiger partial charge is 0.436 e. The maximum Gasteiger partial charge on any atom is 0.209 e. The molecule has 1 aromatic carbocycles. The number of halogens is 1. The Kier molecular flexibility index (Phi) is 4.38. The van der Waals surface area contributed by atoms with Crippen LogP contribution in [0.25, 0.3) is 11.0 Å². The van der Waals surface area contributed by atoms with Crippen LogP contribution in [-0.4, -0.2) is 7.85 Å². The molecule has 0 unspecified atom stereocenters. The molecule has 0 amide bonds. The molecule has 0 atom stereocenters. The number of fused-ring (bicyclic) bond motifs is 1. The zero-order chi connectivity index (χ0) is 13.9. The number of benzene rings is 1. The third-order valence-electron chi connectivity index (χ3n) is 2.55. The molecule has 5 heteroatoms. The van der Waals surface area contributed by atoms with Gasteiger partial charge >= 0.3 is 0 Å². The van der Waals surface area contributed by atoms with E-state index in [-0.39, 0.29) is 17.0 Å². The molecule has 1 aromatic heterocycles. The zero-order valence-corrected chi connectivity index (χ0v) is 10.7. The lowest BCUT2D eigenvalue weighted by Crippen LogP contribution is -2.11. The second-order valence-electron chi connectivity index (χ2n) is 3.44. The highest BCUT2D eigenvalue weighted by Gasteiger charge is 2.19. The van der Waals surface area contributed by atoms with Gasteiger partial charge in [-0.25, -0.2) is 4.39 Å². The molecule has 1 heterocycles. The van der Waals surface area contributed by atoms with E-state index in [1.165, 1.54) is 6.07 Å². The molecular weight excluding hydrogens is 230 g/mol. The molecule has 2 aromatic rings. The van der Waals surface area contributed by atoms with Crippen LogP contribution in [0.3, 0.4) is 0 Å². The number of nitrogen functional groups attached to an aromatic ring is 1. The molecule has 2 rings (SSSR count). The van der Waals surface area contributed by atoms with Crippen LogP contribution >= 0.6 is 0 Å². The molecule has 0 bridgehead atoms. The smallest absolute Gasteiger partial charge is 0.209 e. The molecule has 0 aliphatic heterocycles. The van der Waals surface area contributed by atoms with Crippen molar-refractivity contribution in [3.8, 4) is 6.07 Å². The number of furan rings is 1. The van der Waals surface area contributed by atoms with Gasteiger partial charge in [-0.2, -0.15) is 5.26 Å². The fourth-order valence-corrected chi connectivity index (χ4v) is 1.83. The van der Waals surface area contributed by atoms with Gasteiger partial charge in [0.15, 0.2) is 11.4 Å². The Morgan fingerprint density at radius 2 is 2.11 bits per heavy atom. The average Bonchev–Trinajstić information content (AvgIpc) is 2.69. The molecule has 2 radical (unpaired) electrons. The van der Waals surface area contributed by atoms with Crippen LogP contribution in [-0.2, 0) is 6.42 Å². The van der Waals surface area contributed by atoms with E-state index >= 15 is 0 Å². The van der Waals surface area contributed by atoms with Gasteiger partial charge in [-0.3, -0.25) is 0 Å². The fourth-order valence-electron chi connectivity index (χ4n) is 1.83. The van der Waals surface area contributed by atoms with Crippen LogP contribution in [0.2, 0.25) is 0 Å². The molecule has 2 N–H and O–H groups in total. The second-order valence-corrected chi connectivity index (χ2v) is 3.44. The zero-order valence-electron chi connectivity index (χ0n) is 10.7. The predicted octanol–water partition coefficient (Wildman–Crippen LogP) is 2.41. The number of nitrogens with zero attached hydrogens (tertiary/aromatic N) is 1. The van der Waals surface area contributed by atoms with Crippen molar-refractivity contribution in [2.24, 2.45) is 0 Å². The van der Waals surface area contributed by atoms with Gasteiger partial charge < -0.3 is 10.2 Å². The molecule has 0 saturated heterocycles. The van der Waals surface area contributed by atoms with Crippen molar-refractivity contribution >= 4 is 30.2 Å². The molecule has 92 valence electrons. The Morgan fingerprint density at radius 1 is 1.50 bits per heavy atom. The number of nitrogens with two attached hydrogens (primary N) is 1. The predicted molar refractivity (Wildman–Crippen MR) is 71.4 cm³/mol. The summed E-state index contributed by atoms with van der Waals surface area (Å²) in [6, 6.07) is 3.09. The average molecular weight is 244 g/mol. The lowest BCUT2D eigenvalue weighted by atomic mass is 9.86. The van der Waals surface area contributed by atoms with Crippen LogP contribution in [0.15, 0.2) is 10.5 Å². The van der Waals surface area contributed by atoms with E-state index < -0.39 is 5.82 Å². The van der Waals surface area contributed by atoms with Gasteiger partial charge in [0.1, 0.15) is 19.5 Å². The van der Waals surface area contributed by atoms with Gasteiger partial charge in [0, 0.05) is 5.39 Å². The van der Waals surface area contributed by atoms with E-state index in [2.05, 4.69) is 0 Å². The highest BCUT2D eigenvalue weighted by atomic mass is 19.1. The maximum atomic E-state index is 13.6. The first-order chi connectivity index (χ1) is 8.60. The Bertz CT molecular complexity index is 614. The number of aryl methyl sites for hydroxylation is 1. The Morgan fingerprint density at radius 3 is 2.61 bits per heavy atom. The first-order valence-electron chi connectivity index (χ1n) is 5.79. The second kappa shape index (κ2) is 5.59. The van der Waals surface area contributed by atoms with E-state index in [9.17, 15) is 4.39 Å². The van der Waals surface area contributed by atoms with E-state index in [0.717, 1.165) is 0 Å². The standard InChI is InChI=1S/C11H8BFN2O.C2H6/c1-2-5-7(12)3-8(13)10-9(5)6(4-14)11(15)16-10;1-2/h3H,2,15H2,1H3;1-2H3. The molecule has 0 aliphatic carbocycles.